The summed E-state index contributed by atoms with van der Waals surface area (Å²) in [4.78, 5) is 12.0. The first-order valence-corrected chi connectivity index (χ1v) is 12.6. The van der Waals surface area contributed by atoms with E-state index in [9.17, 15) is 4.79 Å². The highest BCUT2D eigenvalue weighted by Gasteiger charge is 2.37. The van der Waals surface area contributed by atoms with Crippen molar-refractivity contribution in [3.8, 4) is 22.6 Å². The van der Waals surface area contributed by atoms with Crippen molar-refractivity contribution in [3.63, 3.8) is 0 Å². The van der Waals surface area contributed by atoms with Crippen molar-refractivity contribution in [3.05, 3.63) is 150 Å². The molecule has 0 spiro atoms. The van der Waals surface area contributed by atoms with Crippen molar-refractivity contribution in [2.75, 3.05) is 0 Å². The van der Waals surface area contributed by atoms with Crippen LogP contribution < -0.4 is 9.47 Å². The molecule has 6 rings (SSSR count). The second kappa shape index (κ2) is 9.53. The van der Waals surface area contributed by atoms with Gasteiger partial charge < -0.3 is 9.47 Å². The van der Waals surface area contributed by atoms with Gasteiger partial charge in [0.2, 0.25) is 0 Å². The summed E-state index contributed by atoms with van der Waals surface area (Å²) < 4.78 is 12.3. The van der Waals surface area contributed by atoms with Crippen molar-refractivity contribution in [2.45, 2.75) is 12.5 Å². The quantitative estimate of drug-likeness (QED) is 0.140. The first-order valence-electron chi connectivity index (χ1n) is 12.6. The maximum absolute atomic E-state index is 12.0. The molecule has 0 aromatic heterocycles. The highest BCUT2D eigenvalue weighted by Crippen LogP contribution is 2.44. The van der Waals surface area contributed by atoms with Crippen LogP contribution in [0.15, 0.2) is 133 Å². The summed E-state index contributed by atoms with van der Waals surface area (Å²) in [6.07, 6.45) is 4.27. The molecule has 0 amide bonds. The van der Waals surface area contributed by atoms with Gasteiger partial charge in [-0.05, 0) is 65.2 Å². The van der Waals surface area contributed by atoms with Crippen LogP contribution in [0.4, 0.5) is 0 Å². The average molecular weight is 495 g/mol. The van der Waals surface area contributed by atoms with Gasteiger partial charge in [-0.1, -0.05) is 97.6 Å². The third-order valence-electron chi connectivity index (χ3n) is 6.93. The zero-order chi connectivity index (χ0) is 26.1. The Morgan fingerprint density at radius 1 is 0.763 bits per heavy atom. The van der Waals surface area contributed by atoms with Gasteiger partial charge >= 0.3 is 5.97 Å². The maximum atomic E-state index is 12.0. The minimum Gasteiger partial charge on any atom is -0.473 e. The Labute approximate surface area is 222 Å². The number of ether oxygens (including phenoxy) is 2. The van der Waals surface area contributed by atoms with Crippen molar-refractivity contribution >= 4 is 22.8 Å². The Kier molecular flexibility index (Phi) is 5.89. The molecule has 3 heteroatoms. The number of carbonyl (C=O) groups excluding carboxylic acids is 1. The molecule has 1 unspecified atom stereocenters. The van der Waals surface area contributed by atoms with Crippen LogP contribution in [-0.2, 0) is 10.4 Å². The third-order valence-corrected chi connectivity index (χ3v) is 6.93. The Bertz CT molecular complexity index is 1680. The van der Waals surface area contributed by atoms with Gasteiger partial charge in [-0.25, -0.2) is 4.79 Å². The van der Waals surface area contributed by atoms with Crippen molar-refractivity contribution in [1.82, 2.24) is 0 Å². The van der Waals surface area contributed by atoms with Crippen LogP contribution in [0.2, 0.25) is 0 Å². The summed E-state index contributed by atoms with van der Waals surface area (Å²) in [6.45, 7) is 5.29. The lowest BCUT2D eigenvalue weighted by Crippen LogP contribution is -2.34. The second-order valence-corrected chi connectivity index (χ2v) is 9.51. The molecule has 1 atom stereocenters. The molecule has 1 heterocycles. The zero-order valence-electron chi connectivity index (χ0n) is 21.1. The van der Waals surface area contributed by atoms with Gasteiger partial charge in [0.05, 0.1) is 0 Å². The molecule has 5 aromatic rings. The molecule has 0 radical (unpaired) electrons. The van der Waals surface area contributed by atoms with Crippen LogP contribution in [-0.4, -0.2) is 5.97 Å². The van der Waals surface area contributed by atoms with E-state index in [2.05, 4.69) is 79.4 Å². The highest BCUT2D eigenvalue weighted by atomic mass is 16.5. The van der Waals surface area contributed by atoms with Gasteiger partial charge in [0.25, 0.3) is 0 Å². The number of carbonyl (C=O) groups is 1. The second-order valence-electron chi connectivity index (χ2n) is 9.51. The molecule has 0 fully saturated rings. The van der Waals surface area contributed by atoms with Gasteiger partial charge in [0.15, 0.2) is 5.60 Å². The summed E-state index contributed by atoms with van der Waals surface area (Å²) in [7, 11) is 0. The van der Waals surface area contributed by atoms with E-state index in [-0.39, 0.29) is 0 Å². The molecular weight excluding hydrogens is 468 g/mol. The van der Waals surface area contributed by atoms with Crippen LogP contribution in [0.5, 0.6) is 11.5 Å². The topological polar surface area (TPSA) is 35.5 Å². The normalized spacial score (nSPS) is 15.9. The number of fused-ring (bicyclic) bond motifs is 3. The molecular formula is C35H26O3. The Hall–Kier alpha value is -4.89. The fourth-order valence-corrected chi connectivity index (χ4v) is 4.94. The molecule has 184 valence electrons. The number of hydrogen-bond acceptors (Lipinski definition) is 3. The molecule has 38 heavy (non-hydrogen) atoms. The van der Waals surface area contributed by atoms with Crippen LogP contribution in [0.25, 0.3) is 28.0 Å². The van der Waals surface area contributed by atoms with Crippen LogP contribution in [0.1, 0.15) is 23.6 Å². The summed E-state index contributed by atoms with van der Waals surface area (Å²) >= 11 is 0. The standard InChI is InChI=1S/C35H26O3/c1-24(2)34(36)37-30-18-19-31-27(23-30)15-20-33-32(31)21-22-35(38-33,28-11-7-4-8-12-28)29-16-13-26(14-17-29)25-9-5-3-6-10-25/h3-23H,1H2,2H3. The van der Waals surface area contributed by atoms with E-state index in [1.54, 1.807) is 13.0 Å². The van der Waals surface area contributed by atoms with Crippen LogP contribution >= 0.6 is 0 Å². The molecule has 3 nitrogen and oxygen atoms in total. The highest BCUT2D eigenvalue weighted by molar-refractivity contribution is 5.96. The lowest BCUT2D eigenvalue weighted by atomic mass is 9.82. The Morgan fingerprint density at radius 3 is 2.13 bits per heavy atom. The number of rotatable bonds is 5. The molecule has 1 aliphatic rings. The molecule has 0 bridgehead atoms. The lowest BCUT2D eigenvalue weighted by Gasteiger charge is -2.36. The Balaban J connectivity index is 1.41. The SMILES string of the molecule is C=C(C)C(=O)Oc1ccc2c3c(ccc2c1)OC(c1ccccc1)(c1ccc(-c2ccccc2)cc1)C=C3. The van der Waals surface area contributed by atoms with Crippen molar-refractivity contribution in [1.29, 1.82) is 0 Å². The van der Waals surface area contributed by atoms with Gasteiger partial charge in [-0.2, -0.15) is 0 Å². The molecule has 0 N–H and O–H groups in total. The van der Waals surface area contributed by atoms with E-state index in [0.717, 1.165) is 38.8 Å². The lowest BCUT2D eigenvalue weighted by molar-refractivity contribution is -0.130. The van der Waals surface area contributed by atoms with E-state index in [1.165, 1.54) is 5.56 Å². The van der Waals surface area contributed by atoms with Crippen molar-refractivity contribution < 1.29 is 14.3 Å². The molecule has 0 saturated heterocycles. The minimum atomic E-state index is -0.770. The smallest absolute Gasteiger partial charge is 0.338 e. The summed E-state index contributed by atoms with van der Waals surface area (Å²) in [5, 5.41) is 1.98. The first-order chi connectivity index (χ1) is 18.5. The van der Waals surface area contributed by atoms with Gasteiger partial charge in [0.1, 0.15) is 11.5 Å². The van der Waals surface area contributed by atoms with Gasteiger partial charge in [0, 0.05) is 22.3 Å². The monoisotopic (exact) mass is 494 g/mol. The average Bonchev–Trinajstić information content (AvgIpc) is 2.97. The van der Waals surface area contributed by atoms with E-state index in [0.29, 0.717) is 11.3 Å². The first kappa shape index (κ1) is 23.5. The minimum absolute atomic E-state index is 0.362. The fraction of sp³-hybridized carbons (Fsp3) is 0.0571. The van der Waals surface area contributed by atoms with Crippen molar-refractivity contribution in [2.24, 2.45) is 0 Å². The third kappa shape index (κ3) is 4.18. The summed E-state index contributed by atoms with van der Waals surface area (Å²) in [6, 6.07) is 38.9. The van der Waals surface area contributed by atoms with E-state index in [1.807, 2.05) is 48.5 Å². The maximum Gasteiger partial charge on any atom is 0.338 e. The number of esters is 1. The van der Waals surface area contributed by atoms with Crippen LogP contribution in [0.3, 0.4) is 0 Å². The van der Waals surface area contributed by atoms with Crippen LogP contribution in [0, 0.1) is 0 Å². The molecule has 0 saturated carbocycles. The predicted molar refractivity (Wildman–Crippen MR) is 153 cm³/mol. The van der Waals surface area contributed by atoms with E-state index in [4.69, 9.17) is 9.47 Å². The fourth-order valence-electron chi connectivity index (χ4n) is 4.94. The molecule has 1 aliphatic heterocycles. The van der Waals surface area contributed by atoms with E-state index < -0.39 is 11.6 Å². The van der Waals surface area contributed by atoms with Gasteiger partial charge in [-0.3, -0.25) is 0 Å². The zero-order valence-corrected chi connectivity index (χ0v) is 21.1. The summed E-state index contributed by atoms with van der Waals surface area (Å²) in [5.74, 6) is 0.849. The van der Waals surface area contributed by atoms with E-state index >= 15 is 0 Å². The Morgan fingerprint density at radius 2 is 1.42 bits per heavy atom. The number of hydrogen-bond donors (Lipinski definition) is 0. The van der Waals surface area contributed by atoms with Gasteiger partial charge in [-0.15, -0.1) is 0 Å². The largest absolute Gasteiger partial charge is 0.473 e. The number of benzene rings is 5. The predicted octanol–water partition coefficient (Wildman–Crippen LogP) is 8.34. The molecule has 0 aliphatic carbocycles. The molecule has 5 aromatic carbocycles. The summed E-state index contributed by atoms with van der Waals surface area (Å²) in [5.41, 5.74) is 5.02.